The maximum absolute atomic E-state index is 10.3. The minimum absolute atomic E-state index is 0.459. The zero-order valence-electron chi connectivity index (χ0n) is 10.6. The van der Waals surface area contributed by atoms with Crippen LogP contribution in [0.1, 0.15) is 31.0 Å². The van der Waals surface area contributed by atoms with Crippen LogP contribution in [-0.2, 0) is 13.0 Å². The van der Waals surface area contributed by atoms with Crippen LogP contribution in [0.4, 0.5) is 0 Å². The molecule has 2 aromatic rings. The Morgan fingerprint density at radius 3 is 2.84 bits per heavy atom. The third-order valence-corrected chi connectivity index (χ3v) is 3.86. The van der Waals surface area contributed by atoms with E-state index in [-0.39, 0.29) is 0 Å². The Morgan fingerprint density at radius 1 is 1.37 bits per heavy atom. The standard InChI is InChI=1S/C13H15Br2N3O/c1-2-4-18-5-3-16-12(18)7-11(19)13-10(15)6-9(14)8-17-13/h3,5-6,8,11,19H,2,4,7H2,1H3. The highest BCUT2D eigenvalue weighted by atomic mass is 79.9. The van der Waals surface area contributed by atoms with Gasteiger partial charge in [0.1, 0.15) is 11.9 Å². The molecule has 0 aliphatic heterocycles. The lowest BCUT2D eigenvalue weighted by atomic mass is 10.1. The molecular formula is C13H15Br2N3O. The molecule has 102 valence electrons. The van der Waals surface area contributed by atoms with Gasteiger partial charge < -0.3 is 9.67 Å². The molecule has 19 heavy (non-hydrogen) atoms. The third kappa shape index (κ3) is 3.64. The van der Waals surface area contributed by atoms with Crippen molar-refractivity contribution in [2.24, 2.45) is 0 Å². The Balaban J connectivity index is 2.16. The minimum atomic E-state index is -0.666. The molecule has 2 rings (SSSR count). The van der Waals surface area contributed by atoms with Crippen LogP contribution in [0.2, 0.25) is 0 Å². The number of halogens is 2. The van der Waals surface area contributed by atoms with Crippen LogP contribution < -0.4 is 0 Å². The van der Waals surface area contributed by atoms with E-state index in [4.69, 9.17) is 0 Å². The van der Waals surface area contributed by atoms with Crippen molar-refractivity contribution in [2.75, 3.05) is 0 Å². The minimum Gasteiger partial charge on any atom is -0.386 e. The molecule has 0 amide bonds. The van der Waals surface area contributed by atoms with Gasteiger partial charge in [0.2, 0.25) is 0 Å². The van der Waals surface area contributed by atoms with E-state index in [0.717, 1.165) is 27.7 Å². The monoisotopic (exact) mass is 387 g/mol. The highest BCUT2D eigenvalue weighted by Gasteiger charge is 2.16. The lowest BCUT2D eigenvalue weighted by Crippen LogP contribution is -2.10. The van der Waals surface area contributed by atoms with Crippen molar-refractivity contribution in [2.45, 2.75) is 32.4 Å². The molecule has 4 nitrogen and oxygen atoms in total. The Bertz CT molecular complexity index is 557. The van der Waals surface area contributed by atoms with Crippen LogP contribution in [0.25, 0.3) is 0 Å². The van der Waals surface area contributed by atoms with Crippen molar-refractivity contribution < 1.29 is 5.11 Å². The zero-order chi connectivity index (χ0) is 13.8. The Morgan fingerprint density at radius 2 is 2.16 bits per heavy atom. The van der Waals surface area contributed by atoms with E-state index < -0.39 is 6.10 Å². The Hall–Kier alpha value is -0.720. The summed E-state index contributed by atoms with van der Waals surface area (Å²) >= 11 is 6.77. The Labute approximate surface area is 129 Å². The number of aryl methyl sites for hydroxylation is 1. The molecule has 1 unspecified atom stereocenters. The molecule has 0 bridgehead atoms. The number of nitrogens with zero attached hydrogens (tertiary/aromatic N) is 3. The lowest BCUT2D eigenvalue weighted by Gasteiger charge is -2.13. The van der Waals surface area contributed by atoms with Crippen LogP contribution in [-0.4, -0.2) is 19.6 Å². The summed E-state index contributed by atoms with van der Waals surface area (Å²) in [6.07, 6.45) is 6.22. The number of rotatable bonds is 5. The first kappa shape index (κ1) is 14.7. The number of aliphatic hydroxyl groups excluding tert-OH is 1. The van der Waals surface area contributed by atoms with E-state index in [9.17, 15) is 5.11 Å². The molecule has 0 radical (unpaired) electrons. The molecule has 1 atom stereocenters. The van der Waals surface area contributed by atoms with E-state index in [1.165, 1.54) is 0 Å². The van der Waals surface area contributed by atoms with Crippen LogP contribution >= 0.6 is 31.9 Å². The summed E-state index contributed by atoms with van der Waals surface area (Å²) in [5.41, 5.74) is 0.634. The fraction of sp³-hybridized carbons (Fsp3) is 0.385. The summed E-state index contributed by atoms with van der Waals surface area (Å²) in [4.78, 5) is 8.55. The molecular weight excluding hydrogens is 374 g/mol. The summed E-state index contributed by atoms with van der Waals surface area (Å²) < 4.78 is 3.74. The van der Waals surface area contributed by atoms with E-state index in [2.05, 4.69) is 53.3 Å². The fourth-order valence-electron chi connectivity index (χ4n) is 1.91. The average Bonchev–Trinajstić information content (AvgIpc) is 2.77. The Kier molecular flexibility index (Phi) is 5.13. The van der Waals surface area contributed by atoms with E-state index in [1.54, 1.807) is 12.4 Å². The van der Waals surface area contributed by atoms with Gasteiger partial charge in [0.25, 0.3) is 0 Å². The maximum Gasteiger partial charge on any atom is 0.111 e. The van der Waals surface area contributed by atoms with Crippen molar-refractivity contribution in [1.29, 1.82) is 0 Å². The number of hydrogen-bond donors (Lipinski definition) is 1. The first-order valence-corrected chi connectivity index (χ1v) is 7.69. The molecule has 0 spiro atoms. The molecule has 2 heterocycles. The molecule has 0 aliphatic rings. The maximum atomic E-state index is 10.3. The highest BCUT2D eigenvalue weighted by Crippen LogP contribution is 2.26. The fourth-order valence-corrected chi connectivity index (χ4v) is 3.17. The number of imidazole rings is 1. The quantitative estimate of drug-likeness (QED) is 0.852. The van der Waals surface area contributed by atoms with Gasteiger partial charge in [0.05, 0.1) is 5.69 Å². The second-order valence-electron chi connectivity index (χ2n) is 4.28. The molecule has 1 N–H and O–H groups in total. The van der Waals surface area contributed by atoms with Crippen molar-refractivity contribution in [3.63, 3.8) is 0 Å². The van der Waals surface area contributed by atoms with Crippen molar-refractivity contribution in [1.82, 2.24) is 14.5 Å². The van der Waals surface area contributed by atoms with Crippen LogP contribution in [0.15, 0.2) is 33.6 Å². The molecule has 0 fully saturated rings. The number of hydrogen-bond acceptors (Lipinski definition) is 3. The third-order valence-electron chi connectivity index (χ3n) is 2.79. The predicted molar refractivity (Wildman–Crippen MR) is 80.8 cm³/mol. The van der Waals surface area contributed by atoms with Gasteiger partial charge in [-0.05, 0) is 44.3 Å². The van der Waals surface area contributed by atoms with Crippen molar-refractivity contribution in [3.8, 4) is 0 Å². The SMILES string of the molecule is CCCn1ccnc1CC(O)c1ncc(Br)cc1Br. The molecule has 0 saturated heterocycles. The van der Waals surface area contributed by atoms with Gasteiger partial charge in [0, 0.05) is 40.5 Å². The summed E-state index contributed by atoms with van der Waals surface area (Å²) in [6, 6.07) is 1.88. The predicted octanol–water partition coefficient (Wildman–Crippen LogP) is 3.49. The molecule has 0 saturated carbocycles. The van der Waals surface area contributed by atoms with Gasteiger partial charge in [-0.3, -0.25) is 4.98 Å². The van der Waals surface area contributed by atoms with Crippen molar-refractivity contribution >= 4 is 31.9 Å². The average molecular weight is 389 g/mol. The normalized spacial score (nSPS) is 12.6. The van der Waals surface area contributed by atoms with Gasteiger partial charge in [-0.2, -0.15) is 0 Å². The van der Waals surface area contributed by atoms with Gasteiger partial charge in [-0.15, -0.1) is 0 Å². The van der Waals surface area contributed by atoms with Gasteiger partial charge in [-0.25, -0.2) is 4.98 Å². The second kappa shape index (κ2) is 6.63. The molecule has 2 aromatic heterocycles. The number of pyridine rings is 1. The van der Waals surface area contributed by atoms with Crippen LogP contribution in [0.5, 0.6) is 0 Å². The summed E-state index contributed by atoms with van der Waals surface area (Å²) in [6.45, 7) is 3.03. The summed E-state index contributed by atoms with van der Waals surface area (Å²) in [5, 5.41) is 10.3. The van der Waals surface area contributed by atoms with Crippen LogP contribution in [0.3, 0.4) is 0 Å². The summed E-state index contributed by atoms with van der Waals surface area (Å²) in [5.74, 6) is 0.881. The molecule has 0 aliphatic carbocycles. The largest absolute Gasteiger partial charge is 0.386 e. The zero-order valence-corrected chi connectivity index (χ0v) is 13.7. The lowest BCUT2D eigenvalue weighted by molar-refractivity contribution is 0.169. The molecule has 6 heteroatoms. The topological polar surface area (TPSA) is 50.9 Å². The second-order valence-corrected chi connectivity index (χ2v) is 6.05. The van der Waals surface area contributed by atoms with E-state index in [0.29, 0.717) is 12.1 Å². The number of aromatic nitrogens is 3. The highest BCUT2D eigenvalue weighted by molar-refractivity contribution is 9.11. The van der Waals surface area contributed by atoms with Gasteiger partial charge in [0.15, 0.2) is 0 Å². The summed E-state index contributed by atoms with van der Waals surface area (Å²) in [7, 11) is 0. The van der Waals surface area contributed by atoms with Crippen LogP contribution in [0, 0.1) is 0 Å². The molecule has 0 aromatic carbocycles. The first-order chi connectivity index (χ1) is 9.11. The first-order valence-electron chi connectivity index (χ1n) is 6.10. The smallest absolute Gasteiger partial charge is 0.111 e. The number of aliphatic hydroxyl groups is 1. The van der Waals surface area contributed by atoms with E-state index in [1.807, 2.05) is 12.3 Å². The van der Waals surface area contributed by atoms with E-state index >= 15 is 0 Å². The van der Waals surface area contributed by atoms with Gasteiger partial charge >= 0.3 is 0 Å². The van der Waals surface area contributed by atoms with Crippen molar-refractivity contribution in [3.05, 3.63) is 45.1 Å². The van der Waals surface area contributed by atoms with Gasteiger partial charge in [-0.1, -0.05) is 6.92 Å².